The van der Waals surface area contributed by atoms with Crippen molar-refractivity contribution in [3.63, 3.8) is 0 Å². The fraction of sp³-hybridized carbons (Fsp3) is 0.500. The minimum absolute atomic E-state index is 0.110. The number of aliphatic hydroxyl groups excluding tert-OH is 3. The zero-order chi connectivity index (χ0) is 15.6. The minimum atomic E-state index is -1.42. The molecule has 9 nitrogen and oxygen atoms in total. The van der Waals surface area contributed by atoms with Gasteiger partial charge in [0.15, 0.2) is 6.23 Å². The lowest BCUT2D eigenvalue weighted by Gasteiger charge is -2.21. The first-order chi connectivity index (χ1) is 9.99. The van der Waals surface area contributed by atoms with Gasteiger partial charge in [-0.3, -0.25) is 9.78 Å². The monoisotopic (exact) mass is 299 g/mol. The second kappa shape index (κ2) is 6.22. The topological polar surface area (TPSA) is 137 Å². The van der Waals surface area contributed by atoms with Crippen LogP contribution in [0.3, 0.4) is 0 Å². The van der Waals surface area contributed by atoms with Gasteiger partial charge in [-0.25, -0.2) is 9.36 Å². The molecule has 21 heavy (non-hydrogen) atoms. The van der Waals surface area contributed by atoms with Crippen LogP contribution in [0.4, 0.5) is 5.82 Å². The first-order valence-corrected chi connectivity index (χ1v) is 6.32. The number of aromatic amines is 1. The third-order valence-corrected chi connectivity index (χ3v) is 3.18. The summed E-state index contributed by atoms with van der Waals surface area (Å²) in [4.78, 5) is 25.4. The summed E-state index contributed by atoms with van der Waals surface area (Å²) in [6.45, 7) is 3.27. The second-order valence-corrected chi connectivity index (χ2v) is 4.59. The zero-order valence-corrected chi connectivity index (χ0v) is 11.1. The van der Waals surface area contributed by atoms with Crippen molar-refractivity contribution in [2.45, 2.75) is 24.5 Å². The van der Waals surface area contributed by atoms with E-state index in [2.05, 4.69) is 16.9 Å². The highest BCUT2D eigenvalue weighted by Crippen LogP contribution is 2.29. The van der Waals surface area contributed by atoms with Gasteiger partial charge >= 0.3 is 5.69 Å². The number of H-pyrrole nitrogens is 1. The molecule has 2 rings (SSSR count). The van der Waals surface area contributed by atoms with Crippen LogP contribution in [-0.4, -0.2) is 56.3 Å². The molecule has 0 unspecified atom stereocenters. The van der Waals surface area contributed by atoms with E-state index in [1.807, 2.05) is 0 Å². The summed E-state index contributed by atoms with van der Waals surface area (Å²) in [6.07, 6.45) is -3.49. The Balaban J connectivity index is 2.45. The molecule has 5 N–H and O–H groups in total. The van der Waals surface area contributed by atoms with Crippen molar-refractivity contribution in [2.75, 3.05) is 18.5 Å². The van der Waals surface area contributed by atoms with E-state index in [0.717, 1.165) is 10.6 Å². The molecule has 4 atom stereocenters. The van der Waals surface area contributed by atoms with Crippen LogP contribution in [0.25, 0.3) is 0 Å². The van der Waals surface area contributed by atoms with Crippen LogP contribution in [0.2, 0.25) is 0 Å². The van der Waals surface area contributed by atoms with E-state index in [9.17, 15) is 19.8 Å². The van der Waals surface area contributed by atoms with Crippen molar-refractivity contribution in [3.8, 4) is 0 Å². The number of nitrogens with one attached hydrogen (secondary N) is 2. The minimum Gasteiger partial charge on any atom is -0.394 e. The molecule has 0 aliphatic carbocycles. The van der Waals surface area contributed by atoms with Gasteiger partial charge in [-0.2, -0.15) is 0 Å². The number of aromatic nitrogens is 2. The third kappa shape index (κ3) is 2.90. The largest absolute Gasteiger partial charge is 0.394 e. The third-order valence-electron chi connectivity index (χ3n) is 3.18. The highest BCUT2D eigenvalue weighted by molar-refractivity contribution is 5.35. The Morgan fingerprint density at radius 1 is 1.43 bits per heavy atom. The lowest BCUT2D eigenvalue weighted by molar-refractivity contribution is -0.0539. The van der Waals surface area contributed by atoms with Gasteiger partial charge in [-0.05, 0) is 0 Å². The smallest absolute Gasteiger partial charge is 0.332 e. The van der Waals surface area contributed by atoms with Crippen molar-refractivity contribution >= 4 is 5.82 Å². The molecule has 0 saturated carbocycles. The number of nitrogens with zero attached hydrogens (tertiary/aromatic N) is 1. The summed E-state index contributed by atoms with van der Waals surface area (Å²) in [6, 6.07) is 1.12. The van der Waals surface area contributed by atoms with Gasteiger partial charge < -0.3 is 25.4 Å². The average Bonchev–Trinajstić information content (AvgIpc) is 2.72. The highest BCUT2D eigenvalue weighted by Gasteiger charge is 2.44. The van der Waals surface area contributed by atoms with E-state index in [1.54, 1.807) is 0 Å². The van der Waals surface area contributed by atoms with E-state index >= 15 is 0 Å². The molecule has 1 aromatic heterocycles. The summed E-state index contributed by atoms with van der Waals surface area (Å²) < 4.78 is 6.27. The summed E-state index contributed by atoms with van der Waals surface area (Å²) in [5, 5.41) is 31.6. The number of aliphatic hydroxyl groups is 3. The standard InChI is InChI=1S/C12H17N3O6/c1-2-3-13-7-4-8(17)14-12(20)15(7)11-10(19)9(18)6(5-16)21-11/h2,4,6,9-11,13,16,18-19H,1,3,5H2,(H,14,17,20)/t6-,9-,10-,11-/m1/s1. The van der Waals surface area contributed by atoms with E-state index in [1.165, 1.54) is 6.08 Å². The molecule has 0 bridgehead atoms. The maximum Gasteiger partial charge on any atom is 0.332 e. The molecule has 1 aliphatic heterocycles. The number of rotatable bonds is 5. The molecule has 1 aliphatic rings. The van der Waals surface area contributed by atoms with Gasteiger partial charge in [0.25, 0.3) is 5.56 Å². The summed E-state index contributed by atoms with van der Waals surface area (Å²) in [7, 11) is 0. The predicted molar refractivity (Wildman–Crippen MR) is 73.0 cm³/mol. The fourth-order valence-corrected chi connectivity index (χ4v) is 2.16. The van der Waals surface area contributed by atoms with Gasteiger partial charge in [0.05, 0.1) is 6.61 Å². The Hall–Kier alpha value is -1.94. The maximum atomic E-state index is 12.0. The maximum absolute atomic E-state index is 12.0. The number of hydrogen-bond acceptors (Lipinski definition) is 7. The molecule has 0 radical (unpaired) electrons. The molecule has 9 heteroatoms. The number of anilines is 1. The molecule has 0 aromatic carbocycles. The Labute approximate surface area is 119 Å². The average molecular weight is 299 g/mol. The SMILES string of the molecule is C=CCNc1cc(=O)[nH]c(=O)n1[C@@H]1O[C@H](CO)[C@@H](O)[C@H]1O. The van der Waals surface area contributed by atoms with Crippen LogP contribution in [0.5, 0.6) is 0 Å². The van der Waals surface area contributed by atoms with Gasteiger partial charge in [-0.15, -0.1) is 6.58 Å². The fourth-order valence-electron chi connectivity index (χ4n) is 2.16. The van der Waals surface area contributed by atoms with Crippen LogP contribution in [0, 0.1) is 0 Å². The Morgan fingerprint density at radius 2 is 2.14 bits per heavy atom. The predicted octanol–water partition coefficient (Wildman–Crippen LogP) is -2.25. The molecule has 116 valence electrons. The summed E-state index contributed by atoms with van der Waals surface area (Å²) in [5.41, 5.74) is -1.42. The van der Waals surface area contributed by atoms with E-state index in [0.29, 0.717) is 0 Å². The zero-order valence-electron chi connectivity index (χ0n) is 11.1. The van der Waals surface area contributed by atoms with E-state index < -0.39 is 42.4 Å². The van der Waals surface area contributed by atoms with Gasteiger partial charge in [0.1, 0.15) is 24.1 Å². The lowest BCUT2D eigenvalue weighted by atomic mass is 10.1. The van der Waals surface area contributed by atoms with Crippen LogP contribution < -0.4 is 16.6 Å². The van der Waals surface area contributed by atoms with E-state index in [4.69, 9.17) is 9.84 Å². The molecule has 0 spiro atoms. The van der Waals surface area contributed by atoms with Crippen LogP contribution in [0.1, 0.15) is 6.23 Å². The molecular weight excluding hydrogens is 282 g/mol. The first-order valence-electron chi connectivity index (χ1n) is 6.32. The van der Waals surface area contributed by atoms with Gasteiger partial charge in [0.2, 0.25) is 0 Å². The Kier molecular flexibility index (Phi) is 4.58. The highest BCUT2D eigenvalue weighted by atomic mass is 16.6. The second-order valence-electron chi connectivity index (χ2n) is 4.59. The van der Waals surface area contributed by atoms with Crippen LogP contribution in [-0.2, 0) is 4.74 Å². The lowest BCUT2D eigenvalue weighted by Crippen LogP contribution is -2.39. The van der Waals surface area contributed by atoms with Crippen molar-refractivity contribution in [1.82, 2.24) is 9.55 Å². The van der Waals surface area contributed by atoms with E-state index in [-0.39, 0.29) is 12.4 Å². The molecule has 1 aromatic rings. The van der Waals surface area contributed by atoms with Gasteiger partial charge in [0, 0.05) is 12.6 Å². The first kappa shape index (κ1) is 15.4. The van der Waals surface area contributed by atoms with Crippen molar-refractivity contribution in [3.05, 3.63) is 39.6 Å². The normalized spacial score (nSPS) is 28.5. The van der Waals surface area contributed by atoms with Crippen molar-refractivity contribution < 1.29 is 20.1 Å². The molecule has 1 fully saturated rings. The van der Waals surface area contributed by atoms with Gasteiger partial charge in [-0.1, -0.05) is 6.08 Å². The molecular formula is C12H17N3O6. The molecule has 0 amide bonds. The number of ether oxygens (including phenoxy) is 1. The summed E-state index contributed by atoms with van der Waals surface area (Å²) >= 11 is 0. The molecule has 2 heterocycles. The quantitative estimate of drug-likeness (QED) is 0.387. The van der Waals surface area contributed by atoms with Crippen molar-refractivity contribution in [1.29, 1.82) is 0 Å². The van der Waals surface area contributed by atoms with Crippen LogP contribution >= 0.6 is 0 Å². The molecule has 1 saturated heterocycles. The van der Waals surface area contributed by atoms with Crippen molar-refractivity contribution in [2.24, 2.45) is 0 Å². The Morgan fingerprint density at radius 3 is 2.71 bits per heavy atom. The van der Waals surface area contributed by atoms with Crippen LogP contribution in [0.15, 0.2) is 28.3 Å². The summed E-state index contributed by atoms with van der Waals surface area (Å²) in [5.74, 6) is 0.110. The Bertz CT molecular complexity index is 624. The number of hydrogen-bond donors (Lipinski definition) is 5.